The molecule has 118 valence electrons. The van der Waals surface area contributed by atoms with Crippen molar-refractivity contribution in [3.63, 3.8) is 0 Å². The summed E-state index contributed by atoms with van der Waals surface area (Å²) in [5.74, 6) is 0.700. The number of thiazole rings is 1. The number of hydrogen-bond acceptors (Lipinski definition) is 5. The van der Waals surface area contributed by atoms with Crippen LogP contribution in [0.1, 0.15) is 10.6 Å². The maximum Gasteiger partial charge on any atom is 0.136 e. The van der Waals surface area contributed by atoms with Crippen molar-refractivity contribution in [1.29, 1.82) is 5.26 Å². The van der Waals surface area contributed by atoms with E-state index in [-0.39, 0.29) is 0 Å². The number of aromatic nitrogens is 2. The molecule has 0 aliphatic heterocycles. The van der Waals surface area contributed by atoms with E-state index < -0.39 is 0 Å². The second-order valence-electron chi connectivity index (χ2n) is 5.08. The minimum atomic E-state index is 0.476. The maximum absolute atomic E-state index is 9.42. The van der Waals surface area contributed by atoms with Gasteiger partial charge in [0.2, 0.25) is 0 Å². The predicted octanol–water partition coefficient (Wildman–Crippen LogP) is 5.25. The molecule has 4 nitrogen and oxygen atoms in total. The topological polar surface area (TPSA) is 61.6 Å². The number of anilines is 1. The minimum absolute atomic E-state index is 0.476. The summed E-state index contributed by atoms with van der Waals surface area (Å²) in [6.45, 7) is 1.99. The molecule has 2 aromatic heterocycles. The third-order valence-electron chi connectivity index (χ3n) is 3.26. The Balaban J connectivity index is 1.84. The van der Waals surface area contributed by atoms with Gasteiger partial charge in [-0.3, -0.25) is 0 Å². The number of halogens is 1. The zero-order valence-electron chi connectivity index (χ0n) is 12.8. The van der Waals surface area contributed by atoms with Crippen LogP contribution in [-0.2, 0) is 0 Å². The van der Waals surface area contributed by atoms with E-state index in [1.54, 1.807) is 12.4 Å². The Morgan fingerprint density at radius 1 is 1.33 bits per heavy atom. The van der Waals surface area contributed by atoms with Crippen molar-refractivity contribution in [3.8, 4) is 17.3 Å². The molecule has 6 heteroatoms. The second-order valence-corrected chi connectivity index (χ2v) is 6.85. The van der Waals surface area contributed by atoms with E-state index in [0.717, 1.165) is 21.3 Å². The van der Waals surface area contributed by atoms with Crippen LogP contribution in [0.3, 0.4) is 0 Å². The molecule has 24 heavy (non-hydrogen) atoms. The summed E-state index contributed by atoms with van der Waals surface area (Å²) in [7, 11) is 0. The number of aryl methyl sites for hydroxylation is 1. The van der Waals surface area contributed by atoms with Crippen LogP contribution in [0.2, 0.25) is 0 Å². The van der Waals surface area contributed by atoms with Crippen molar-refractivity contribution in [1.82, 2.24) is 9.97 Å². The molecule has 0 fully saturated rings. The molecular weight excluding hydrogens is 384 g/mol. The monoisotopic (exact) mass is 396 g/mol. The van der Waals surface area contributed by atoms with Crippen molar-refractivity contribution >= 4 is 38.7 Å². The Morgan fingerprint density at radius 3 is 2.96 bits per heavy atom. The average Bonchev–Trinajstić information content (AvgIpc) is 3.05. The lowest BCUT2D eigenvalue weighted by Gasteiger charge is -2.01. The standard InChI is InChI=1S/C18H13BrN4S/c1-12-5-6-21-17(7-12)22-10-14(9-20)18-23-16(11-24-18)13-3-2-4-15(19)8-13/h2-8,10-11H,1H3,(H,21,22)/b14-10+. The molecule has 0 saturated carbocycles. The number of rotatable bonds is 4. The Morgan fingerprint density at radius 2 is 2.21 bits per heavy atom. The molecule has 0 spiro atoms. The highest BCUT2D eigenvalue weighted by Gasteiger charge is 2.09. The molecule has 3 rings (SSSR count). The van der Waals surface area contributed by atoms with Crippen LogP contribution >= 0.6 is 27.3 Å². The van der Waals surface area contributed by atoms with Gasteiger partial charge >= 0.3 is 0 Å². The van der Waals surface area contributed by atoms with E-state index >= 15 is 0 Å². The quantitative estimate of drug-likeness (QED) is 0.611. The minimum Gasteiger partial charge on any atom is -0.345 e. The summed E-state index contributed by atoms with van der Waals surface area (Å²) >= 11 is 4.90. The van der Waals surface area contributed by atoms with Gasteiger partial charge in [-0.15, -0.1) is 11.3 Å². The summed E-state index contributed by atoms with van der Waals surface area (Å²) in [6.07, 6.45) is 3.37. The Kier molecular flexibility index (Phi) is 5.04. The van der Waals surface area contributed by atoms with E-state index in [0.29, 0.717) is 16.4 Å². The molecule has 2 heterocycles. The molecule has 0 atom stereocenters. The first kappa shape index (κ1) is 16.4. The van der Waals surface area contributed by atoms with Gasteiger partial charge in [0.1, 0.15) is 22.5 Å². The summed E-state index contributed by atoms with van der Waals surface area (Å²) in [4.78, 5) is 8.78. The van der Waals surface area contributed by atoms with E-state index in [2.05, 4.69) is 37.3 Å². The van der Waals surface area contributed by atoms with Crippen LogP contribution in [0.15, 0.2) is 58.6 Å². The SMILES string of the molecule is Cc1ccnc(N/C=C(\C#N)c2nc(-c3cccc(Br)c3)cs2)c1. The molecule has 1 aromatic carbocycles. The smallest absolute Gasteiger partial charge is 0.136 e. The van der Waals surface area contributed by atoms with E-state index in [4.69, 9.17) is 0 Å². The molecule has 0 saturated heterocycles. The van der Waals surface area contributed by atoms with Crippen molar-refractivity contribution < 1.29 is 0 Å². The van der Waals surface area contributed by atoms with E-state index in [9.17, 15) is 5.26 Å². The third kappa shape index (κ3) is 3.88. The summed E-state index contributed by atoms with van der Waals surface area (Å²) in [5.41, 5.74) is 3.44. The van der Waals surface area contributed by atoms with Gasteiger partial charge in [0.05, 0.1) is 5.69 Å². The van der Waals surface area contributed by atoms with E-state index in [1.165, 1.54) is 11.3 Å². The van der Waals surface area contributed by atoms with Gasteiger partial charge in [0.15, 0.2) is 0 Å². The molecule has 3 aromatic rings. The first-order chi connectivity index (χ1) is 11.7. The van der Waals surface area contributed by atoms with Gasteiger partial charge < -0.3 is 5.32 Å². The van der Waals surface area contributed by atoms with Crippen LogP contribution in [0.4, 0.5) is 5.82 Å². The zero-order chi connectivity index (χ0) is 16.9. The molecular formula is C18H13BrN4S. The number of hydrogen-bond donors (Lipinski definition) is 1. The molecule has 0 aliphatic rings. The van der Waals surface area contributed by atoms with Gasteiger partial charge in [-0.05, 0) is 36.8 Å². The zero-order valence-corrected chi connectivity index (χ0v) is 15.2. The largest absolute Gasteiger partial charge is 0.345 e. The lowest BCUT2D eigenvalue weighted by atomic mass is 10.2. The van der Waals surface area contributed by atoms with Crippen molar-refractivity contribution in [2.75, 3.05) is 5.32 Å². The molecule has 0 radical (unpaired) electrons. The fraction of sp³-hybridized carbons (Fsp3) is 0.0556. The third-order valence-corrected chi connectivity index (χ3v) is 4.62. The molecule has 1 N–H and O–H groups in total. The lowest BCUT2D eigenvalue weighted by Crippen LogP contribution is -1.94. The summed E-state index contributed by atoms with van der Waals surface area (Å²) in [6, 6.07) is 14.0. The first-order valence-corrected chi connectivity index (χ1v) is 8.84. The highest BCUT2D eigenvalue weighted by atomic mass is 79.9. The predicted molar refractivity (Wildman–Crippen MR) is 101 cm³/mol. The van der Waals surface area contributed by atoms with Crippen LogP contribution in [0.5, 0.6) is 0 Å². The Bertz CT molecular complexity index is 940. The summed E-state index contributed by atoms with van der Waals surface area (Å²) < 4.78 is 0.998. The van der Waals surface area contributed by atoms with Gasteiger partial charge in [-0.2, -0.15) is 5.26 Å². The number of nitrogens with one attached hydrogen (secondary N) is 1. The van der Waals surface area contributed by atoms with Crippen molar-refractivity contribution in [3.05, 3.63) is 69.2 Å². The van der Waals surface area contributed by atoms with E-state index in [1.807, 2.05) is 48.7 Å². The number of nitrogens with zero attached hydrogens (tertiary/aromatic N) is 3. The number of allylic oxidation sites excluding steroid dienone is 1. The number of benzene rings is 1. The molecule has 0 aliphatic carbocycles. The Labute approximate surface area is 152 Å². The molecule has 0 amide bonds. The van der Waals surface area contributed by atoms with Crippen LogP contribution < -0.4 is 5.32 Å². The normalized spacial score (nSPS) is 11.1. The summed E-state index contributed by atoms with van der Waals surface area (Å²) in [5, 5.41) is 15.1. The second kappa shape index (κ2) is 7.39. The van der Waals surface area contributed by atoms with Crippen molar-refractivity contribution in [2.24, 2.45) is 0 Å². The fourth-order valence-electron chi connectivity index (χ4n) is 2.08. The fourth-order valence-corrected chi connectivity index (χ4v) is 3.27. The van der Waals surface area contributed by atoms with Crippen LogP contribution in [-0.4, -0.2) is 9.97 Å². The van der Waals surface area contributed by atoms with Gasteiger partial charge in [-0.1, -0.05) is 28.1 Å². The van der Waals surface area contributed by atoms with Gasteiger partial charge in [-0.25, -0.2) is 9.97 Å². The van der Waals surface area contributed by atoms with Crippen LogP contribution in [0.25, 0.3) is 16.8 Å². The number of nitriles is 1. The first-order valence-electron chi connectivity index (χ1n) is 7.17. The highest BCUT2D eigenvalue weighted by molar-refractivity contribution is 9.10. The number of pyridine rings is 1. The van der Waals surface area contributed by atoms with Crippen LogP contribution in [0, 0.1) is 18.3 Å². The average molecular weight is 397 g/mol. The molecule has 0 bridgehead atoms. The van der Waals surface area contributed by atoms with Gasteiger partial charge in [0, 0.05) is 27.8 Å². The van der Waals surface area contributed by atoms with Gasteiger partial charge in [0.25, 0.3) is 0 Å². The lowest BCUT2D eigenvalue weighted by molar-refractivity contribution is 1.27. The Hall–Kier alpha value is -2.49. The maximum atomic E-state index is 9.42. The highest BCUT2D eigenvalue weighted by Crippen LogP contribution is 2.27. The molecule has 0 unspecified atom stereocenters. The van der Waals surface area contributed by atoms with Crippen molar-refractivity contribution in [2.45, 2.75) is 6.92 Å².